The number of aromatic nitrogens is 2. The lowest BCUT2D eigenvalue weighted by Gasteiger charge is -2.09. The van der Waals surface area contributed by atoms with Crippen LogP contribution in [0.3, 0.4) is 0 Å². The Hall–Kier alpha value is -1.05. The smallest absolute Gasteiger partial charge is 0.174 e. The van der Waals surface area contributed by atoms with Gasteiger partial charge in [-0.05, 0) is 24.6 Å². The van der Waals surface area contributed by atoms with E-state index in [2.05, 4.69) is 10.2 Å². The van der Waals surface area contributed by atoms with Crippen LogP contribution in [0.1, 0.15) is 16.7 Å². The number of thioether (sulfide) groups is 1. The standard InChI is InChI=1S/C11H10F2N2OS2/c1-6-14-15-11(18-6)17-5-10(16)7-2-3-8(12)9(13)4-7/h2-4,10,16H,5H2,1H3. The molecule has 0 fully saturated rings. The van der Waals surface area contributed by atoms with Crippen molar-refractivity contribution < 1.29 is 13.9 Å². The second-order valence-corrected chi connectivity index (χ2v) is 6.04. The fourth-order valence-corrected chi connectivity index (χ4v) is 3.11. The van der Waals surface area contributed by atoms with Gasteiger partial charge in [0.2, 0.25) is 0 Å². The second-order valence-electron chi connectivity index (χ2n) is 3.59. The van der Waals surface area contributed by atoms with Crippen molar-refractivity contribution in [2.75, 3.05) is 5.75 Å². The fourth-order valence-electron chi connectivity index (χ4n) is 1.30. The van der Waals surface area contributed by atoms with Crippen LogP contribution in [0.4, 0.5) is 8.78 Å². The first-order valence-corrected chi connectivity index (χ1v) is 6.92. The SMILES string of the molecule is Cc1nnc(SCC(O)c2ccc(F)c(F)c2)s1. The van der Waals surface area contributed by atoms with Gasteiger partial charge in [-0.3, -0.25) is 0 Å². The highest BCUT2D eigenvalue weighted by atomic mass is 32.2. The molecule has 96 valence electrons. The van der Waals surface area contributed by atoms with Crippen LogP contribution in [0.5, 0.6) is 0 Å². The number of nitrogens with zero attached hydrogens (tertiary/aromatic N) is 2. The molecule has 0 saturated heterocycles. The van der Waals surface area contributed by atoms with Crippen LogP contribution in [0, 0.1) is 18.6 Å². The first-order chi connectivity index (χ1) is 8.56. The Morgan fingerprint density at radius 1 is 1.33 bits per heavy atom. The van der Waals surface area contributed by atoms with Crippen molar-refractivity contribution in [1.82, 2.24) is 10.2 Å². The summed E-state index contributed by atoms with van der Waals surface area (Å²) in [5.74, 6) is -1.55. The maximum atomic E-state index is 13.0. The Balaban J connectivity index is 1.99. The molecule has 2 rings (SSSR count). The fraction of sp³-hybridized carbons (Fsp3) is 0.273. The molecule has 0 aliphatic rings. The summed E-state index contributed by atoms with van der Waals surface area (Å²) < 4.78 is 26.5. The Kier molecular flexibility index (Phi) is 4.26. The van der Waals surface area contributed by atoms with E-state index in [0.29, 0.717) is 11.3 Å². The number of halogens is 2. The van der Waals surface area contributed by atoms with Crippen LogP contribution in [-0.2, 0) is 0 Å². The highest BCUT2D eigenvalue weighted by Gasteiger charge is 2.12. The summed E-state index contributed by atoms with van der Waals surface area (Å²) in [6.07, 6.45) is -0.866. The van der Waals surface area contributed by atoms with Crippen LogP contribution in [0.25, 0.3) is 0 Å². The third kappa shape index (κ3) is 3.24. The van der Waals surface area contributed by atoms with E-state index in [1.165, 1.54) is 29.2 Å². The van der Waals surface area contributed by atoms with E-state index in [1.807, 2.05) is 6.92 Å². The van der Waals surface area contributed by atoms with E-state index in [0.717, 1.165) is 21.5 Å². The zero-order valence-electron chi connectivity index (χ0n) is 9.43. The normalized spacial score (nSPS) is 12.7. The number of hydrogen-bond acceptors (Lipinski definition) is 5. The van der Waals surface area contributed by atoms with Gasteiger partial charge in [0.05, 0.1) is 6.10 Å². The summed E-state index contributed by atoms with van der Waals surface area (Å²) in [5.41, 5.74) is 0.350. The minimum atomic E-state index is -0.955. The lowest BCUT2D eigenvalue weighted by molar-refractivity contribution is 0.203. The summed E-state index contributed by atoms with van der Waals surface area (Å²) in [5, 5.41) is 18.4. The van der Waals surface area contributed by atoms with Gasteiger partial charge >= 0.3 is 0 Å². The molecular formula is C11H10F2N2OS2. The average Bonchev–Trinajstić information content (AvgIpc) is 2.75. The highest BCUT2D eigenvalue weighted by molar-refractivity contribution is 8.01. The molecule has 0 radical (unpaired) electrons. The molecule has 0 saturated carbocycles. The maximum absolute atomic E-state index is 13.0. The van der Waals surface area contributed by atoms with Crippen molar-refractivity contribution >= 4 is 23.1 Å². The first kappa shape index (κ1) is 13.4. The average molecular weight is 288 g/mol. The molecule has 3 nitrogen and oxygen atoms in total. The summed E-state index contributed by atoms with van der Waals surface area (Å²) in [6.45, 7) is 1.84. The van der Waals surface area contributed by atoms with Gasteiger partial charge in [-0.25, -0.2) is 8.78 Å². The molecule has 0 bridgehead atoms. The zero-order chi connectivity index (χ0) is 13.1. The molecule has 1 atom stereocenters. The van der Waals surface area contributed by atoms with E-state index in [-0.39, 0.29) is 0 Å². The summed E-state index contributed by atoms with van der Waals surface area (Å²) in [6, 6.07) is 3.38. The third-order valence-electron chi connectivity index (χ3n) is 2.20. The van der Waals surface area contributed by atoms with Gasteiger partial charge in [-0.15, -0.1) is 10.2 Å². The molecule has 0 aliphatic carbocycles. The number of aryl methyl sites for hydroxylation is 1. The van der Waals surface area contributed by atoms with Crippen molar-refractivity contribution in [1.29, 1.82) is 0 Å². The van der Waals surface area contributed by atoms with Gasteiger partial charge in [-0.2, -0.15) is 0 Å². The van der Waals surface area contributed by atoms with E-state index < -0.39 is 17.7 Å². The van der Waals surface area contributed by atoms with E-state index >= 15 is 0 Å². The summed E-state index contributed by atoms with van der Waals surface area (Å²) >= 11 is 2.76. The van der Waals surface area contributed by atoms with Crippen molar-refractivity contribution in [2.24, 2.45) is 0 Å². The minimum absolute atomic E-state index is 0.319. The molecule has 1 heterocycles. The van der Waals surface area contributed by atoms with E-state index in [9.17, 15) is 13.9 Å². The predicted octanol–water partition coefficient (Wildman–Crippen LogP) is 2.95. The van der Waals surface area contributed by atoms with Gasteiger partial charge in [-0.1, -0.05) is 29.2 Å². The lowest BCUT2D eigenvalue weighted by atomic mass is 10.1. The van der Waals surface area contributed by atoms with Crippen molar-refractivity contribution in [3.63, 3.8) is 0 Å². The topological polar surface area (TPSA) is 46.0 Å². The minimum Gasteiger partial charge on any atom is -0.388 e. The molecular weight excluding hydrogens is 278 g/mol. The maximum Gasteiger partial charge on any atom is 0.174 e. The number of aliphatic hydroxyl groups is 1. The van der Waals surface area contributed by atoms with E-state index in [4.69, 9.17) is 0 Å². The predicted molar refractivity (Wildman–Crippen MR) is 66.7 cm³/mol. The molecule has 2 aromatic rings. The van der Waals surface area contributed by atoms with Gasteiger partial charge in [0.1, 0.15) is 5.01 Å². The summed E-state index contributed by atoms with van der Waals surface area (Å²) in [4.78, 5) is 0. The monoisotopic (exact) mass is 288 g/mol. The molecule has 18 heavy (non-hydrogen) atoms. The lowest BCUT2D eigenvalue weighted by Crippen LogP contribution is -2.01. The van der Waals surface area contributed by atoms with Crippen molar-refractivity contribution in [3.05, 3.63) is 40.4 Å². The van der Waals surface area contributed by atoms with Crippen molar-refractivity contribution in [3.8, 4) is 0 Å². The molecule has 0 aliphatic heterocycles. The van der Waals surface area contributed by atoms with Crippen LogP contribution in [0.15, 0.2) is 22.5 Å². The molecule has 7 heteroatoms. The zero-order valence-corrected chi connectivity index (χ0v) is 11.1. The molecule has 0 amide bonds. The molecule has 1 N–H and O–H groups in total. The van der Waals surface area contributed by atoms with Crippen LogP contribution in [-0.4, -0.2) is 21.1 Å². The van der Waals surface area contributed by atoms with Gasteiger partial charge in [0.25, 0.3) is 0 Å². The number of hydrogen-bond donors (Lipinski definition) is 1. The Morgan fingerprint density at radius 3 is 2.72 bits per heavy atom. The molecule has 1 aromatic heterocycles. The second kappa shape index (κ2) is 5.73. The first-order valence-electron chi connectivity index (χ1n) is 5.12. The van der Waals surface area contributed by atoms with E-state index in [1.54, 1.807) is 0 Å². The molecule has 1 aromatic carbocycles. The Labute approximate surface area is 111 Å². The number of benzene rings is 1. The van der Waals surface area contributed by atoms with Gasteiger partial charge < -0.3 is 5.11 Å². The molecule has 1 unspecified atom stereocenters. The summed E-state index contributed by atoms with van der Waals surface area (Å²) in [7, 11) is 0. The van der Waals surface area contributed by atoms with Gasteiger partial charge in [0, 0.05) is 5.75 Å². The van der Waals surface area contributed by atoms with Gasteiger partial charge in [0.15, 0.2) is 16.0 Å². The highest BCUT2D eigenvalue weighted by Crippen LogP contribution is 2.27. The Bertz CT molecular complexity index is 548. The number of rotatable bonds is 4. The van der Waals surface area contributed by atoms with Crippen LogP contribution >= 0.6 is 23.1 Å². The van der Waals surface area contributed by atoms with Crippen LogP contribution < -0.4 is 0 Å². The molecule has 0 spiro atoms. The van der Waals surface area contributed by atoms with Crippen LogP contribution in [0.2, 0.25) is 0 Å². The Morgan fingerprint density at radius 2 is 2.11 bits per heavy atom. The van der Waals surface area contributed by atoms with Crippen molar-refractivity contribution in [2.45, 2.75) is 17.4 Å². The largest absolute Gasteiger partial charge is 0.388 e. The third-order valence-corrected chi connectivity index (χ3v) is 4.25. The quantitative estimate of drug-likeness (QED) is 0.879. The number of aliphatic hydroxyl groups excluding tert-OH is 1.